The molecule has 1 heterocycles. The zero-order valence-electron chi connectivity index (χ0n) is 13.9. The van der Waals surface area contributed by atoms with Gasteiger partial charge in [-0.15, -0.1) is 5.10 Å². The molecule has 1 N–H and O–H groups in total. The lowest BCUT2D eigenvalue weighted by atomic mass is 10.2. The van der Waals surface area contributed by atoms with Crippen molar-refractivity contribution in [1.82, 2.24) is 20.2 Å². The summed E-state index contributed by atoms with van der Waals surface area (Å²) in [5, 5.41) is 11.4. The number of aryl methyl sites for hydroxylation is 3. The van der Waals surface area contributed by atoms with Gasteiger partial charge in [0.15, 0.2) is 5.82 Å². The Hall–Kier alpha value is -2.26. The molecule has 0 aliphatic rings. The highest BCUT2D eigenvalue weighted by Crippen LogP contribution is 2.26. The van der Waals surface area contributed by atoms with Gasteiger partial charge >= 0.3 is 0 Å². The summed E-state index contributed by atoms with van der Waals surface area (Å²) in [6.45, 7) is 5.58. The van der Waals surface area contributed by atoms with E-state index in [1.54, 1.807) is 41.9 Å². The van der Waals surface area contributed by atoms with Crippen molar-refractivity contribution in [3.05, 3.63) is 57.8 Å². The molecule has 9 heteroatoms. The maximum Gasteiger partial charge on any atom is 0.263 e. The van der Waals surface area contributed by atoms with E-state index in [0.717, 1.165) is 11.1 Å². The fourth-order valence-electron chi connectivity index (χ4n) is 2.39. The number of benzene rings is 2. The van der Waals surface area contributed by atoms with Crippen molar-refractivity contribution >= 4 is 31.6 Å². The van der Waals surface area contributed by atoms with E-state index in [1.165, 1.54) is 0 Å². The van der Waals surface area contributed by atoms with Crippen molar-refractivity contribution in [2.75, 3.05) is 4.72 Å². The Labute approximate surface area is 154 Å². The summed E-state index contributed by atoms with van der Waals surface area (Å²) in [6.07, 6.45) is 0. The first kappa shape index (κ1) is 17.6. The summed E-state index contributed by atoms with van der Waals surface area (Å²) in [5.41, 5.74) is 3.04. The summed E-state index contributed by atoms with van der Waals surface area (Å²) in [5.74, 6) is 0.615. The van der Waals surface area contributed by atoms with Crippen LogP contribution >= 0.6 is 15.9 Å². The first-order valence-electron chi connectivity index (χ1n) is 7.43. The standard InChI is InChI=1S/C16H16BrN5O2S/c1-10-4-7-16(14(17)8-10)25(23,24)19-13-6-5-11(2)15(9-13)22-12(3)18-20-21-22/h4-9,19H,1-3H3. The molecule has 25 heavy (non-hydrogen) atoms. The number of rotatable bonds is 4. The Kier molecular flexibility index (Phi) is 4.61. The van der Waals surface area contributed by atoms with Crippen molar-refractivity contribution < 1.29 is 8.42 Å². The summed E-state index contributed by atoms with van der Waals surface area (Å²) in [6, 6.07) is 10.3. The predicted octanol–water partition coefficient (Wildman–Crippen LogP) is 3.15. The second kappa shape index (κ2) is 6.57. The van der Waals surface area contributed by atoms with Crippen molar-refractivity contribution in [3.63, 3.8) is 0 Å². The molecular formula is C16H16BrN5O2S. The van der Waals surface area contributed by atoms with Crippen LogP contribution in [0, 0.1) is 20.8 Å². The van der Waals surface area contributed by atoms with E-state index < -0.39 is 10.0 Å². The molecule has 3 aromatic rings. The molecule has 0 aliphatic carbocycles. The molecule has 0 unspecified atom stereocenters. The lowest BCUT2D eigenvalue weighted by Crippen LogP contribution is -2.14. The molecule has 130 valence electrons. The van der Waals surface area contributed by atoms with Gasteiger partial charge in [0.1, 0.15) is 4.90 Å². The third-order valence-corrected chi connectivity index (χ3v) is 6.05. The number of nitrogens with one attached hydrogen (secondary N) is 1. The Bertz CT molecular complexity index is 1050. The van der Waals surface area contributed by atoms with E-state index in [4.69, 9.17) is 0 Å². The molecule has 0 amide bonds. The lowest BCUT2D eigenvalue weighted by Gasteiger charge is -2.13. The molecule has 0 saturated heterocycles. The van der Waals surface area contributed by atoms with E-state index >= 15 is 0 Å². The fourth-order valence-corrected chi connectivity index (χ4v) is 4.63. The van der Waals surface area contributed by atoms with Crippen LogP contribution in [-0.2, 0) is 10.0 Å². The number of tetrazole rings is 1. The van der Waals surface area contributed by atoms with Crippen molar-refractivity contribution in [3.8, 4) is 5.69 Å². The van der Waals surface area contributed by atoms with Gasteiger partial charge in [-0.2, -0.15) is 4.68 Å². The monoisotopic (exact) mass is 421 g/mol. The van der Waals surface area contributed by atoms with Crippen LogP contribution < -0.4 is 4.72 Å². The fraction of sp³-hybridized carbons (Fsp3) is 0.188. The summed E-state index contributed by atoms with van der Waals surface area (Å²) in [7, 11) is -3.73. The Morgan fingerprint density at radius 1 is 1.08 bits per heavy atom. The molecule has 1 aromatic heterocycles. The molecule has 0 aliphatic heterocycles. The van der Waals surface area contributed by atoms with Gasteiger partial charge in [0.25, 0.3) is 10.0 Å². The molecule has 0 radical (unpaired) electrons. The Balaban J connectivity index is 1.99. The Morgan fingerprint density at radius 2 is 1.84 bits per heavy atom. The number of hydrogen-bond donors (Lipinski definition) is 1. The molecule has 7 nitrogen and oxygen atoms in total. The smallest absolute Gasteiger partial charge is 0.263 e. The van der Waals surface area contributed by atoms with E-state index in [2.05, 4.69) is 36.2 Å². The van der Waals surface area contributed by atoms with Gasteiger partial charge in [-0.05, 0) is 82.5 Å². The van der Waals surface area contributed by atoms with E-state index in [0.29, 0.717) is 21.7 Å². The molecule has 0 spiro atoms. The number of nitrogens with zero attached hydrogens (tertiary/aromatic N) is 4. The molecule has 0 fully saturated rings. The van der Waals surface area contributed by atoms with Gasteiger partial charge < -0.3 is 0 Å². The largest absolute Gasteiger partial charge is 0.280 e. The van der Waals surface area contributed by atoms with Gasteiger partial charge in [-0.25, -0.2) is 8.42 Å². The first-order valence-corrected chi connectivity index (χ1v) is 9.70. The van der Waals surface area contributed by atoms with Gasteiger partial charge in [0.05, 0.1) is 11.4 Å². The lowest BCUT2D eigenvalue weighted by molar-refractivity contribution is 0.600. The van der Waals surface area contributed by atoms with E-state index in [-0.39, 0.29) is 4.90 Å². The number of anilines is 1. The third kappa shape index (κ3) is 3.57. The second-order valence-corrected chi connectivity index (χ2v) is 8.18. The summed E-state index contributed by atoms with van der Waals surface area (Å²) >= 11 is 3.31. The van der Waals surface area contributed by atoms with Crippen LogP contribution in [0.1, 0.15) is 17.0 Å². The average molecular weight is 422 g/mol. The van der Waals surface area contributed by atoms with Crippen LogP contribution in [0.2, 0.25) is 0 Å². The SMILES string of the molecule is Cc1ccc(S(=O)(=O)Nc2ccc(C)c(-n3nnnc3C)c2)c(Br)c1. The minimum atomic E-state index is -3.73. The topological polar surface area (TPSA) is 89.8 Å². The van der Waals surface area contributed by atoms with Crippen LogP contribution in [0.3, 0.4) is 0 Å². The number of halogens is 1. The van der Waals surface area contributed by atoms with Crippen molar-refractivity contribution in [2.45, 2.75) is 25.7 Å². The predicted molar refractivity (Wildman–Crippen MR) is 98.3 cm³/mol. The Morgan fingerprint density at radius 3 is 2.48 bits per heavy atom. The molecule has 2 aromatic carbocycles. The van der Waals surface area contributed by atoms with E-state index in [9.17, 15) is 8.42 Å². The highest BCUT2D eigenvalue weighted by molar-refractivity contribution is 9.10. The van der Waals surface area contributed by atoms with Crippen LogP contribution in [0.15, 0.2) is 45.8 Å². The van der Waals surface area contributed by atoms with Gasteiger partial charge in [0.2, 0.25) is 0 Å². The average Bonchev–Trinajstić information content (AvgIpc) is 2.94. The normalized spacial score (nSPS) is 11.5. The molecule has 0 saturated carbocycles. The minimum absolute atomic E-state index is 0.179. The van der Waals surface area contributed by atoms with Crippen LogP contribution in [-0.4, -0.2) is 28.6 Å². The third-order valence-electron chi connectivity index (χ3n) is 3.69. The number of aromatic nitrogens is 4. The van der Waals surface area contributed by atoms with Crippen molar-refractivity contribution in [1.29, 1.82) is 0 Å². The minimum Gasteiger partial charge on any atom is -0.280 e. The highest BCUT2D eigenvalue weighted by atomic mass is 79.9. The maximum atomic E-state index is 12.7. The zero-order chi connectivity index (χ0) is 18.2. The van der Waals surface area contributed by atoms with Crippen LogP contribution in [0.4, 0.5) is 5.69 Å². The first-order chi connectivity index (χ1) is 11.8. The number of sulfonamides is 1. The molecule has 3 rings (SSSR count). The second-order valence-electron chi connectivity index (χ2n) is 5.68. The van der Waals surface area contributed by atoms with Crippen molar-refractivity contribution in [2.24, 2.45) is 0 Å². The van der Waals surface area contributed by atoms with E-state index in [1.807, 2.05) is 19.9 Å². The summed E-state index contributed by atoms with van der Waals surface area (Å²) < 4.78 is 30.1. The quantitative estimate of drug-likeness (QED) is 0.698. The highest BCUT2D eigenvalue weighted by Gasteiger charge is 2.18. The van der Waals surface area contributed by atoms with Crippen LogP contribution in [0.25, 0.3) is 5.69 Å². The molecule has 0 atom stereocenters. The molecule has 0 bridgehead atoms. The maximum absolute atomic E-state index is 12.7. The van der Waals surface area contributed by atoms with Gasteiger partial charge in [-0.3, -0.25) is 4.72 Å². The zero-order valence-corrected chi connectivity index (χ0v) is 16.3. The molecular weight excluding hydrogens is 406 g/mol. The summed E-state index contributed by atoms with van der Waals surface area (Å²) in [4.78, 5) is 0.179. The van der Waals surface area contributed by atoms with Gasteiger partial charge in [0, 0.05) is 4.47 Å². The van der Waals surface area contributed by atoms with Gasteiger partial charge in [-0.1, -0.05) is 12.1 Å². The van der Waals surface area contributed by atoms with Crippen LogP contribution in [0.5, 0.6) is 0 Å². The number of hydrogen-bond acceptors (Lipinski definition) is 5.